The van der Waals surface area contributed by atoms with E-state index < -0.39 is 0 Å². The average molecular weight is 303 g/mol. The molecular formula is C17H25N3O2. The zero-order valence-corrected chi connectivity index (χ0v) is 13.2. The summed E-state index contributed by atoms with van der Waals surface area (Å²) in [5.41, 5.74) is 4.80. The van der Waals surface area contributed by atoms with Gasteiger partial charge in [-0.1, -0.05) is 0 Å². The molecule has 1 aliphatic heterocycles. The molecular weight excluding hydrogens is 278 g/mol. The van der Waals surface area contributed by atoms with Crippen LogP contribution in [0, 0.1) is 12.8 Å². The van der Waals surface area contributed by atoms with Crippen LogP contribution in [-0.4, -0.2) is 28.6 Å². The van der Waals surface area contributed by atoms with Crippen molar-refractivity contribution in [2.24, 2.45) is 5.92 Å². The van der Waals surface area contributed by atoms with Gasteiger partial charge in [-0.25, -0.2) is 0 Å². The van der Waals surface area contributed by atoms with E-state index >= 15 is 0 Å². The molecule has 0 atom stereocenters. The number of carbonyl (C=O) groups excluding carboxylic acids is 1. The first-order valence-corrected chi connectivity index (χ1v) is 8.28. The van der Waals surface area contributed by atoms with Gasteiger partial charge in [-0.3, -0.25) is 9.78 Å². The molecule has 3 rings (SSSR count). The highest BCUT2D eigenvalue weighted by molar-refractivity contribution is 5.78. The van der Waals surface area contributed by atoms with E-state index in [2.05, 4.69) is 15.6 Å². The van der Waals surface area contributed by atoms with Crippen molar-refractivity contribution in [3.05, 3.63) is 28.6 Å². The number of pyridine rings is 1. The van der Waals surface area contributed by atoms with Crippen LogP contribution in [0.4, 0.5) is 0 Å². The van der Waals surface area contributed by atoms with Crippen LogP contribution in [0.3, 0.4) is 0 Å². The Morgan fingerprint density at radius 2 is 2.18 bits per heavy atom. The Balaban J connectivity index is 1.65. The summed E-state index contributed by atoms with van der Waals surface area (Å²) in [5, 5.41) is 16.0. The van der Waals surface area contributed by atoms with Crippen LogP contribution in [0.5, 0.6) is 0 Å². The summed E-state index contributed by atoms with van der Waals surface area (Å²) in [6.45, 7) is 4.43. The molecule has 1 saturated carbocycles. The van der Waals surface area contributed by atoms with Crippen LogP contribution in [0.1, 0.15) is 48.1 Å². The van der Waals surface area contributed by atoms with Gasteiger partial charge in [-0.2, -0.15) is 0 Å². The quantitative estimate of drug-likeness (QED) is 0.784. The first kappa shape index (κ1) is 15.4. The third-order valence-corrected chi connectivity index (χ3v) is 4.98. The molecule has 22 heavy (non-hydrogen) atoms. The van der Waals surface area contributed by atoms with Gasteiger partial charge in [0.25, 0.3) is 0 Å². The average Bonchev–Trinajstić information content (AvgIpc) is 2.54. The second-order valence-electron chi connectivity index (χ2n) is 6.48. The number of hydrogen-bond acceptors (Lipinski definition) is 4. The lowest BCUT2D eigenvalue weighted by Gasteiger charge is -2.25. The minimum Gasteiger partial charge on any atom is -0.393 e. The van der Waals surface area contributed by atoms with Crippen molar-refractivity contribution in [2.75, 3.05) is 6.54 Å². The Morgan fingerprint density at radius 3 is 2.95 bits per heavy atom. The van der Waals surface area contributed by atoms with Gasteiger partial charge in [0.2, 0.25) is 5.91 Å². The maximum atomic E-state index is 12.3. The molecule has 3 N–H and O–H groups in total. The Bertz CT molecular complexity index is 551. The van der Waals surface area contributed by atoms with Crippen molar-refractivity contribution in [2.45, 2.75) is 58.2 Å². The molecule has 1 aliphatic carbocycles. The molecule has 120 valence electrons. The van der Waals surface area contributed by atoms with E-state index in [1.165, 1.54) is 16.7 Å². The summed E-state index contributed by atoms with van der Waals surface area (Å²) < 4.78 is 0. The summed E-state index contributed by atoms with van der Waals surface area (Å²) in [5.74, 6) is 0.177. The van der Waals surface area contributed by atoms with Gasteiger partial charge in [0.05, 0.1) is 6.10 Å². The third kappa shape index (κ3) is 3.31. The number of nitrogens with zero attached hydrogens (tertiary/aromatic N) is 1. The largest absolute Gasteiger partial charge is 0.393 e. The van der Waals surface area contributed by atoms with Gasteiger partial charge in [-0.15, -0.1) is 0 Å². The van der Waals surface area contributed by atoms with E-state index in [4.69, 9.17) is 0 Å². The highest BCUT2D eigenvalue weighted by atomic mass is 16.3. The molecule has 0 aromatic carbocycles. The molecule has 0 saturated heterocycles. The molecule has 1 aromatic rings. The maximum absolute atomic E-state index is 12.3. The van der Waals surface area contributed by atoms with Gasteiger partial charge in [0.1, 0.15) is 0 Å². The molecule has 0 spiro atoms. The smallest absolute Gasteiger partial charge is 0.223 e. The Morgan fingerprint density at radius 1 is 1.41 bits per heavy atom. The molecule has 0 radical (unpaired) electrons. The van der Waals surface area contributed by atoms with Crippen LogP contribution in [-0.2, 0) is 24.3 Å². The molecule has 1 amide bonds. The topological polar surface area (TPSA) is 74.2 Å². The number of carbonyl (C=O) groups is 1. The van der Waals surface area contributed by atoms with Crippen molar-refractivity contribution >= 4 is 5.91 Å². The summed E-state index contributed by atoms with van der Waals surface area (Å²) in [4.78, 5) is 16.8. The normalized spacial score (nSPS) is 24.6. The number of aromatic nitrogens is 1. The monoisotopic (exact) mass is 303 g/mol. The number of hydrogen-bond donors (Lipinski definition) is 3. The van der Waals surface area contributed by atoms with Gasteiger partial charge in [-0.05, 0) is 62.3 Å². The molecule has 0 unspecified atom stereocenters. The second kappa shape index (κ2) is 6.75. The van der Waals surface area contributed by atoms with E-state index in [-0.39, 0.29) is 17.9 Å². The lowest BCUT2D eigenvalue weighted by atomic mass is 9.87. The van der Waals surface area contributed by atoms with E-state index in [1.54, 1.807) is 0 Å². The fourth-order valence-electron chi connectivity index (χ4n) is 3.54. The van der Waals surface area contributed by atoms with Crippen LogP contribution >= 0.6 is 0 Å². The highest BCUT2D eigenvalue weighted by Gasteiger charge is 2.25. The van der Waals surface area contributed by atoms with Crippen LogP contribution in [0.25, 0.3) is 0 Å². The zero-order chi connectivity index (χ0) is 15.5. The minimum atomic E-state index is -0.218. The fraction of sp³-hybridized carbons (Fsp3) is 0.647. The molecule has 5 heteroatoms. The first-order valence-electron chi connectivity index (χ1n) is 8.28. The Hall–Kier alpha value is -1.46. The lowest BCUT2D eigenvalue weighted by Crippen LogP contribution is -2.34. The molecule has 0 bridgehead atoms. The molecule has 2 heterocycles. The standard InChI is InChI=1S/C17H25N3O2/c1-11-16(15-6-7-18-8-13(15)9-19-11)10-20-17(22)12-2-4-14(21)5-3-12/h9,12,14,18,21H,2-8,10H2,1H3,(H,20,22). The minimum absolute atomic E-state index is 0.0536. The van der Waals surface area contributed by atoms with E-state index in [0.717, 1.165) is 50.9 Å². The van der Waals surface area contributed by atoms with Gasteiger partial charge in [0.15, 0.2) is 0 Å². The van der Waals surface area contributed by atoms with Crippen molar-refractivity contribution in [3.63, 3.8) is 0 Å². The lowest BCUT2D eigenvalue weighted by molar-refractivity contribution is -0.126. The van der Waals surface area contributed by atoms with Crippen molar-refractivity contribution < 1.29 is 9.90 Å². The van der Waals surface area contributed by atoms with Crippen LogP contribution < -0.4 is 10.6 Å². The predicted molar refractivity (Wildman–Crippen MR) is 84.2 cm³/mol. The molecule has 2 aliphatic rings. The number of amides is 1. The van der Waals surface area contributed by atoms with Crippen LogP contribution in [0.2, 0.25) is 0 Å². The number of rotatable bonds is 3. The van der Waals surface area contributed by atoms with Crippen molar-refractivity contribution in [1.29, 1.82) is 0 Å². The van der Waals surface area contributed by atoms with Gasteiger partial charge >= 0.3 is 0 Å². The summed E-state index contributed by atoms with van der Waals surface area (Å²) >= 11 is 0. The molecule has 1 fully saturated rings. The predicted octanol–water partition coefficient (Wildman–Crippen LogP) is 1.20. The Kier molecular flexibility index (Phi) is 4.74. The number of aliphatic hydroxyl groups is 1. The number of fused-ring (bicyclic) bond motifs is 1. The Labute approximate surface area is 131 Å². The second-order valence-corrected chi connectivity index (χ2v) is 6.48. The summed E-state index contributed by atoms with van der Waals surface area (Å²) in [6, 6.07) is 0. The fourth-order valence-corrected chi connectivity index (χ4v) is 3.54. The highest BCUT2D eigenvalue weighted by Crippen LogP contribution is 2.25. The van der Waals surface area contributed by atoms with Crippen LogP contribution in [0.15, 0.2) is 6.20 Å². The van der Waals surface area contributed by atoms with Gasteiger partial charge in [0, 0.05) is 30.9 Å². The number of aryl methyl sites for hydroxylation is 1. The third-order valence-electron chi connectivity index (χ3n) is 4.98. The number of aliphatic hydroxyl groups excluding tert-OH is 1. The summed E-state index contributed by atoms with van der Waals surface area (Å²) in [6.07, 6.45) is 5.80. The van der Waals surface area contributed by atoms with E-state index in [9.17, 15) is 9.90 Å². The van der Waals surface area contributed by atoms with E-state index in [0.29, 0.717) is 6.54 Å². The van der Waals surface area contributed by atoms with E-state index in [1.807, 2.05) is 13.1 Å². The zero-order valence-electron chi connectivity index (χ0n) is 13.2. The van der Waals surface area contributed by atoms with Crippen molar-refractivity contribution in [3.8, 4) is 0 Å². The molecule has 5 nitrogen and oxygen atoms in total. The van der Waals surface area contributed by atoms with Gasteiger partial charge < -0.3 is 15.7 Å². The molecule has 1 aromatic heterocycles. The summed E-state index contributed by atoms with van der Waals surface area (Å²) in [7, 11) is 0. The SMILES string of the molecule is Cc1ncc2c(c1CNC(=O)C1CCC(O)CC1)CCNC2. The number of nitrogens with one attached hydrogen (secondary N) is 2. The maximum Gasteiger partial charge on any atom is 0.223 e. The first-order chi connectivity index (χ1) is 10.6. The van der Waals surface area contributed by atoms with Crippen molar-refractivity contribution in [1.82, 2.24) is 15.6 Å².